The molecule has 0 aliphatic rings. The third-order valence-corrected chi connectivity index (χ3v) is 9.21. The highest BCUT2D eigenvalue weighted by Gasteiger charge is 2.33. The van der Waals surface area contributed by atoms with Gasteiger partial charge in [-0.05, 0) is 36.5 Å². The summed E-state index contributed by atoms with van der Waals surface area (Å²) in [6, 6.07) is 9.74. The molecule has 0 bridgehead atoms. The molecule has 314 valence electrons. The maximum atomic E-state index is 14.2. The molecule has 0 aliphatic carbocycles. The lowest BCUT2D eigenvalue weighted by Crippen LogP contribution is -2.60. The first kappa shape index (κ1) is 44.5. The molecule has 2 aromatic heterocycles. The molecule has 14 N–H and O–H groups in total. The van der Waals surface area contributed by atoms with Crippen molar-refractivity contribution in [2.24, 2.45) is 22.2 Å². The lowest BCUT2D eigenvalue weighted by atomic mass is 10.0. The molecule has 20 heteroatoms. The number of aliphatic carboxylic acids is 1. The van der Waals surface area contributed by atoms with Gasteiger partial charge >= 0.3 is 5.97 Å². The molecule has 0 saturated carbocycles. The predicted molar refractivity (Wildman–Crippen MR) is 216 cm³/mol. The van der Waals surface area contributed by atoms with Crippen LogP contribution in [0.5, 0.6) is 0 Å². The van der Waals surface area contributed by atoms with E-state index < -0.39 is 78.0 Å². The van der Waals surface area contributed by atoms with Crippen LogP contribution in [0.3, 0.4) is 0 Å². The third-order valence-electron chi connectivity index (χ3n) is 9.21. The smallest absolute Gasteiger partial charge is 0.303 e. The van der Waals surface area contributed by atoms with Crippen LogP contribution in [0.15, 0.2) is 78.3 Å². The number of imidazole rings is 1. The number of primary amides is 1. The number of aliphatic imine (C=N–C) groups is 1. The van der Waals surface area contributed by atoms with E-state index in [4.69, 9.17) is 17.2 Å². The number of amides is 6. The van der Waals surface area contributed by atoms with Crippen LogP contribution in [-0.4, -0.2) is 104 Å². The zero-order chi connectivity index (χ0) is 42.9. The van der Waals surface area contributed by atoms with Gasteiger partial charge in [0.1, 0.15) is 30.2 Å². The van der Waals surface area contributed by atoms with Crippen LogP contribution in [-0.2, 0) is 52.8 Å². The predicted octanol–water partition coefficient (Wildman–Crippen LogP) is -1.23. The monoisotopic (exact) mass is 814 g/mol. The van der Waals surface area contributed by atoms with Gasteiger partial charge in [-0.1, -0.05) is 48.5 Å². The number of fused-ring (bicyclic) bond motifs is 1. The SMILES string of the molecule is CC(=O)N[C@@H](CCC(=O)O)C(=O)N[C@@H](Cc1cnc[nH]1)C(=O)N[C@H](Cc1ccccc1)C(=O)N[C@@H](CCCN=C(N)N)C(=O)N[C@@H](Cc1c[nH]c2ccccc12)C(N)=O. The molecule has 4 rings (SSSR count). The van der Waals surface area contributed by atoms with Crippen molar-refractivity contribution in [2.75, 3.05) is 6.54 Å². The van der Waals surface area contributed by atoms with Gasteiger partial charge < -0.3 is 58.9 Å². The molecule has 0 saturated heterocycles. The molecule has 0 aliphatic heterocycles. The first-order chi connectivity index (χ1) is 28.2. The summed E-state index contributed by atoms with van der Waals surface area (Å²) in [5.41, 5.74) is 19.3. The summed E-state index contributed by atoms with van der Waals surface area (Å²) in [6.45, 7) is 1.27. The number of carbonyl (C=O) groups excluding carboxylic acids is 6. The van der Waals surface area contributed by atoms with Crippen LogP contribution in [0.2, 0.25) is 0 Å². The van der Waals surface area contributed by atoms with Crippen LogP contribution in [0, 0.1) is 0 Å². The summed E-state index contributed by atoms with van der Waals surface area (Å²) in [7, 11) is 0. The quantitative estimate of drug-likeness (QED) is 0.0239. The van der Waals surface area contributed by atoms with Crippen molar-refractivity contribution in [1.82, 2.24) is 41.5 Å². The normalized spacial score (nSPS) is 13.4. The molecule has 0 radical (unpaired) electrons. The second-order valence-electron chi connectivity index (χ2n) is 13.8. The van der Waals surface area contributed by atoms with Gasteiger partial charge in [0.2, 0.25) is 35.4 Å². The first-order valence-corrected chi connectivity index (χ1v) is 18.8. The van der Waals surface area contributed by atoms with Gasteiger partial charge in [-0.3, -0.25) is 38.6 Å². The Balaban J connectivity index is 1.59. The van der Waals surface area contributed by atoms with Crippen molar-refractivity contribution in [2.45, 2.75) is 82.1 Å². The topological polar surface area (TPSA) is 335 Å². The number of nitrogens with one attached hydrogen (secondary N) is 7. The van der Waals surface area contributed by atoms with Crippen molar-refractivity contribution in [1.29, 1.82) is 0 Å². The van der Waals surface area contributed by atoms with E-state index in [1.54, 1.807) is 36.5 Å². The number of carboxylic acids is 1. The number of carboxylic acid groups (broad SMARTS) is 1. The van der Waals surface area contributed by atoms with Gasteiger partial charge in [0.25, 0.3) is 0 Å². The van der Waals surface area contributed by atoms with Crippen molar-refractivity contribution in [3.05, 3.63) is 90.1 Å². The molecule has 4 aromatic rings. The molecule has 20 nitrogen and oxygen atoms in total. The molecule has 2 aromatic carbocycles. The molecule has 0 fully saturated rings. The summed E-state index contributed by atoms with van der Waals surface area (Å²) in [5.74, 6) is -5.93. The van der Waals surface area contributed by atoms with Crippen LogP contribution in [0.4, 0.5) is 0 Å². The minimum absolute atomic E-state index is 0.0122. The second-order valence-corrected chi connectivity index (χ2v) is 13.8. The number of aromatic nitrogens is 3. The Bertz CT molecular complexity index is 2100. The average Bonchev–Trinajstić information content (AvgIpc) is 3.86. The van der Waals surface area contributed by atoms with Crippen LogP contribution < -0.4 is 43.8 Å². The Labute approximate surface area is 338 Å². The molecular formula is C39H50N12O8. The summed E-state index contributed by atoms with van der Waals surface area (Å²) in [5, 5.41) is 23.1. The van der Waals surface area contributed by atoms with Crippen LogP contribution >= 0.6 is 0 Å². The molecular weight excluding hydrogens is 765 g/mol. The lowest BCUT2D eigenvalue weighted by Gasteiger charge is -2.27. The number of carbonyl (C=O) groups is 7. The maximum Gasteiger partial charge on any atom is 0.303 e. The summed E-state index contributed by atoms with van der Waals surface area (Å²) >= 11 is 0. The zero-order valence-electron chi connectivity index (χ0n) is 32.4. The highest BCUT2D eigenvalue weighted by Crippen LogP contribution is 2.19. The molecule has 2 heterocycles. The standard InChI is InChI=1S/C39H50N12O8/c1-22(52)47-29(13-14-33(53)54)36(57)51-32(18-25-20-43-21-46-25)38(59)50-31(16-23-8-3-2-4-9-23)37(58)48-28(12-7-15-44-39(41)42)35(56)49-30(34(40)55)17-24-19-45-27-11-6-5-10-26(24)27/h2-6,8-11,19-21,28-32,45H,7,12-18H2,1H3,(H2,40,55)(H,43,46)(H,47,52)(H,48,58)(H,49,56)(H,50,59)(H,51,57)(H,53,54)(H4,41,42,44)/t28-,29-,30-,31+,32-/m0/s1. The Morgan fingerprint density at radius 3 is 1.92 bits per heavy atom. The van der Waals surface area contributed by atoms with Crippen molar-refractivity contribution >= 4 is 58.3 Å². The number of aromatic amines is 2. The Kier molecular flexibility index (Phi) is 16.5. The average molecular weight is 815 g/mol. The molecule has 0 spiro atoms. The van der Waals surface area contributed by atoms with Crippen molar-refractivity contribution < 1.29 is 38.7 Å². The fourth-order valence-corrected chi connectivity index (χ4v) is 6.27. The van der Waals surface area contributed by atoms with Crippen molar-refractivity contribution in [3.8, 4) is 0 Å². The van der Waals surface area contributed by atoms with E-state index in [0.717, 1.165) is 23.4 Å². The summed E-state index contributed by atoms with van der Waals surface area (Å²) in [6.07, 6.45) is 3.91. The number of guanidine groups is 1. The number of nitrogens with two attached hydrogens (primary N) is 3. The number of benzene rings is 2. The maximum absolute atomic E-state index is 14.2. The summed E-state index contributed by atoms with van der Waals surface area (Å²) in [4.78, 5) is 105. The van der Waals surface area contributed by atoms with E-state index in [9.17, 15) is 38.7 Å². The molecule has 0 unspecified atom stereocenters. The number of hydrogen-bond donors (Lipinski definition) is 11. The van der Waals surface area contributed by atoms with Gasteiger partial charge in [-0.15, -0.1) is 0 Å². The van der Waals surface area contributed by atoms with E-state index in [0.29, 0.717) is 11.3 Å². The molecule has 59 heavy (non-hydrogen) atoms. The van der Waals surface area contributed by atoms with Crippen molar-refractivity contribution in [3.63, 3.8) is 0 Å². The fourth-order valence-electron chi connectivity index (χ4n) is 6.27. The van der Waals surface area contributed by atoms with Crippen LogP contribution in [0.1, 0.15) is 49.4 Å². The number of rotatable bonds is 23. The highest BCUT2D eigenvalue weighted by molar-refractivity contribution is 5.97. The zero-order valence-corrected chi connectivity index (χ0v) is 32.4. The minimum atomic E-state index is -1.35. The van der Waals surface area contributed by atoms with Crippen LogP contribution in [0.25, 0.3) is 10.9 Å². The fraction of sp³-hybridized carbons (Fsp3) is 0.359. The highest BCUT2D eigenvalue weighted by atomic mass is 16.4. The third kappa shape index (κ3) is 14.3. The molecule has 6 amide bonds. The van der Waals surface area contributed by atoms with E-state index in [1.165, 1.54) is 12.5 Å². The minimum Gasteiger partial charge on any atom is -0.481 e. The lowest BCUT2D eigenvalue weighted by molar-refractivity contribution is -0.138. The van der Waals surface area contributed by atoms with E-state index in [-0.39, 0.29) is 51.0 Å². The number of H-pyrrole nitrogens is 2. The van der Waals surface area contributed by atoms with E-state index >= 15 is 0 Å². The van der Waals surface area contributed by atoms with Gasteiger partial charge in [-0.2, -0.15) is 0 Å². The van der Waals surface area contributed by atoms with Gasteiger partial charge in [0.15, 0.2) is 5.96 Å². The molecule has 5 atom stereocenters. The second kappa shape index (κ2) is 21.9. The van der Waals surface area contributed by atoms with E-state index in [1.807, 2.05) is 24.3 Å². The van der Waals surface area contributed by atoms with E-state index in [2.05, 4.69) is 46.5 Å². The summed E-state index contributed by atoms with van der Waals surface area (Å²) < 4.78 is 0. The Hall–Kier alpha value is -7.25. The van der Waals surface area contributed by atoms with Gasteiger partial charge in [0, 0.05) is 68.1 Å². The van der Waals surface area contributed by atoms with Gasteiger partial charge in [0.05, 0.1) is 6.33 Å². The Morgan fingerprint density at radius 2 is 1.31 bits per heavy atom. The Morgan fingerprint density at radius 1 is 0.712 bits per heavy atom. The number of nitrogens with zero attached hydrogens (tertiary/aromatic N) is 2. The largest absolute Gasteiger partial charge is 0.481 e. The first-order valence-electron chi connectivity index (χ1n) is 18.8. The number of para-hydroxylation sites is 1. The van der Waals surface area contributed by atoms with Gasteiger partial charge in [-0.25, -0.2) is 4.98 Å². The number of hydrogen-bond acceptors (Lipinski definition) is 9.